The second kappa shape index (κ2) is 5.83. The third-order valence-electron chi connectivity index (χ3n) is 2.38. The van der Waals surface area contributed by atoms with Gasteiger partial charge < -0.3 is 5.11 Å². The van der Waals surface area contributed by atoms with E-state index in [1.54, 1.807) is 25.1 Å². The van der Waals surface area contributed by atoms with Crippen LogP contribution in [0.2, 0.25) is 0 Å². The molecule has 0 heterocycles. The van der Waals surface area contributed by atoms with E-state index in [2.05, 4.69) is 0 Å². The van der Waals surface area contributed by atoms with Crippen molar-refractivity contribution in [1.29, 1.82) is 0 Å². The highest BCUT2D eigenvalue weighted by Crippen LogP contribution is 2.23. The molecule has 0 spiro atoms. The molecule has 0 unspecified atom stereocenters. The average Bonchev–Trinajstić information content (AvgIpc) is 2.31. The molecule has 100 valence electrons. The Morgan fingerprint density at radius 2 is 2.00 bits per heavy atom. The standard InChI is InChI=1S/C11H15NO5S/c1-3-18(15,16)8-9-6-4-5-7-10(9)12(17-2)11(13)14/h4-7H,3,8H2,1-2H3,(H,13,14). The fourth-order valence-electron chi connectivity index (χ4n) is 1.45. The molecule has 0 atom stereocenters. The topological polar surface area (TPSA) is 83.9 Å². The lowest BCUT2D eigenvalue weighted by Gasteiger charge is -2.19. The molecule has 0 bridgehead atoms. The second-order valence-corrected chi connectivity index (χ2v) is 5.92. The summed E-state index contributed by atoms with van der Waals surface area (Å²) in [5, 5.41) is 9.60. The van der Waals surface area contributed by atoms with Crippen molar-refractivity contribution in [3.8, 4) is 0 Å². The van der Waals surface area contributed by atoms with E-state index in [1.165, 1.54) is 13.2 Å². The van der Waals surface area contributed by atoms with Crippen LogP contribution in [0.25, 0.3) is 0 Å². The Bertz CT molecular complexity index is 526. The first-order chi connectivity index (χ1) is 8.41. The molecule has 6 nitrogen and oxygen atoms in total. The Morgan fingerprint density at radius 3 is 2.50 bits per heavy atom. The zero-order chi connectivity index (χ0) is 13.8. The molecule has 0 saturated carbocycles. The summed E-state index contributed by atoms with van der Waals surface area (Å²) >= 11 is 0. The molecule has 0 aliphatic heterocycles. The minimum Gasteiger partial charge on any atom is -0.463 e. The van der Waals surface area contributed by atoms with Crippen LogP contribution in [0.15, 0.2) is 24.3 Å². The molecule has 0 saturated heterocycles. The second-order valence-electron chi connectivity index (χ2n) is 3.56. The van der Waals surface area contributed by atoms with Crippen LogP contribution in [-0.4, -0.2) is 32.5 Å². The van der Waals surface area contributed by atoms with Crippen LogP contribution >= 0.6 is 0 Å². The van der Waals surface area contributed by atoms with E-state index in [0.29, 0.717) is 10.6 Å². The van der Waals surface area contributed by atoms with E-state index in [0.717, 1.165) is 0 Å². The molecule has 1 rings (SSSR count). The third-order valence-corrected chi connectivity index (χ3v) is 4.01. The normalized spacial score (nSPS) is 11.2. The number of nitrogens with zero attached hydrogens (tertiary/aromatic N) is 1. The zero-order valence-electron chi connectivity index (χ0n) is 10.2. The molecular weight excluding hydrogens is 258 g/mol. The molecule has 1 N–H and O–H groups in total. The molecule has 1 aromatic carbocycles. The maximum absolute atomic E-state index is 11.6. The van der Waals surface area contributed by atoms with Crippen LogP contribution in [0, 0.1) is 0 Å². The van der Waals surface area contributed by atoms with Crippen molar-refractivity contribution in [2.75, 3.05) is 17.9 Å². The molecule has 0 aromatic heterocycles. The van der Waals surface area contributed by atoms with E-state index in [-0.39, 0.29) is 17.2 Å². The van der Waals surface area contributed by atoms with Crippen LogP contribution in [0.1, 0.15) is 12.5 Å². The largest absolute Gasteiger partial charge is 0.463 e. The van der Waals surface area contributed by atoms with Gasteiger partial charge in [0, 0.05) is 5.75 Å². The minimum atomic E-state index is -3.24. The Balaban J connectivity index is 3.18. The number of hydrogen-bond acceptors (Lipinski definition) is 4. The highest BCUT2D eigenvalue weighted by atomic mass is 32.2. The Morgan fingerprint density at radius 1 is 1.39 bits per heavy atom. The van der Waals surface area contributed by atoms with Crippen molar-refractivity contribution in [2.24, 2.45) is 0 Å². The summed E-state index contributed by atoms with van der Waals surface area (Å²) in [6, 6.07) is 6.34. The molecular formula is C11H15NO5S. The van der Waals surface area contributed by atoms with Crippen LogP contribution in [0.4, 0.5) is 10.5 Å². The van der Waals surface area contributed by atoms with Gasteiger partial charge >= 0.3 is 6.09 Å². The lowest BCUT2D eigenvalue weighted by atomic mass is 10.2. The van der Waals surface area contributed by atoms with Crippen molar-refractivity contribution < 1.29 is 23.2 Å². The minimum absolute atomic E-state index is 0.00138. The molecule has 7 heteroatoms. The Hall–Kier alpha value is -1.60. The zero-order valence-corrected chi connectivity index (χ0v) is 11.0. The van der Waals surface area contributed by atoms with Gasteiger partial charge in [0.1, 0.15) is 0 Å². The maximum Gasteiger partial charge on any atom is 0.436 e. The van der Waals surface area contributed by atoms with Crippen molar-refractivity contribution in [2.45, 2.75) is 12.7 Å². The van der Waals surface area contributed by atoms with Gasteiger partial charge in [0.25, 0.3) is 0 Å². The number of carbonyl (C=O) groups is 1. The molecule has 0 fully saturated rings. The average molecular weight is 273 g/mol. The molecule has 18 heavy (non-hydrogen) atoms. The number of hydrogen-bond donors (Lipinski definition) is 1. The van der Waals surface area contributed by atoms with Crippen molar-refractivity contribution in [1.82, 2.24) is 0 Å². The van der Waals surface area contributed by atoms with Gasteiger partial charge in [-0.2, -0.15) is 5.06 Å². The number of hydroxylamine groups is 1. The summed E-state index contributed by atoms with van der Waals surface area (Å²) in [6.07, 6.45) is -1.31. The van der Waals surface area contributed by atoms with Crippen molar-refractivity contribution >= 4 is 21.6 Å². The van der Waals surface area contributed by atoms with Crippen molar-refractivity contribution in [3.05, 3.63) is 29.8 Å². The van der Waals surface area contributed by atoms with Gasteiger partial charge in [-0.15, -0.1) is 0 Å². The summed E-state index contributed by atoms with van der Waals surface area (Å²) in [6.45, 7) is 1.54. The van der Waals surface area contributed by atoms with E-state index in [4.69, 9.17) is 9.94 Å². The summed E-state index contributed by atoms with van der Waals surface area (Å²) in [5.41, 5.74) is 0.605. The predicted molar refractivity (Wildman–Crippen MR) is 67.1 cm³/mol. The molecule has 0 radical (unpaired) electrons. The van der Waals surface area contributed by atoms with E-state index >= 15 is 0 Å². The van der Waals surface area contributed by atoms with E-state index in [9.17, 15) is 13.2 Å². The van der Waals surface area contributed by atoms with Crippen LogP contribution in [0.5, 0.6) is 0 Å². The summed E-state index contributed by atoms with van der Waals surface area (Å²) in [4.78, 5) is 15.7. The van der Waals surface area contributed by atoms with Gasteiger partial charge in [-0.1, -0.05) is 25.1 Å². The van der Waals surface area contributed by atoms with Gasteiger partial charge in [0.05, 0.1) is 18.6 Å². The lowest BCUT2D eigenvalue weighted by Crippen LogP contribution is -2.29. The number of para-hydroxylation sites is 1. The van der Waals surface area contributed by atoms with Gasteiger partial charge in [0.2, 0.25) is 0 Å². The summed E-state index contributed by atoms with van der Waals surface area (Å²) in [7, 11) is -2.03. The first-order valence-electron chi connectivity index (χ1n) is 5.26. The number of sulfone groups is 1. The lowest BCUT2D eigenvalue weighted by molar-refractivity contribution is 0.130. The molecule has 1 amide bonds. The van der Waals surface area contributed by atoms with Gasteiger partial charge in [-0.25, -0.2) is 13.2 Å². The quantitative estimate of drug-likeness (QED) is 0.825. The van der Waals surface area contributed by atoms with Crippen LogP contribution in [-0.2, 0) is 20.4 Å². The first kappa shape index (κ1) is 14.5. The van der Waals surface area contributed by atoms with Gasteiger partial charge in [-0.05, 0) is 11.6 Å². The highest BCUT2D eigenvalue weighted by Gasteiger charge is 2.20. The van der Waals surface area contributed by atoms with Crippen LogP contribution in [0.3, 0.4) is 0 Å². The molecule has 0 aliphatic carbocycles. The van der Waals surface area contributed by atoms with Gasteiger partial charge in [-0.3, -0.25) is 4.84 Å². The predicted octanol–water partition coefficient (Wildman–Crippen LogP) is 1.67. The Kier molecular flexibility index (Phi) is 4.69. The SMILES string of the molecule is CCS(=O)(=O)Cc1ccccc1N(OC)C(=O)O. The van der Waals surface area contributed by atoms with E-state index in [1.807, 2.05) is 0 Å². The summed E-state index contributed by atoms with van der Waals surface area (Å²) < 4.78 is 23.2. The number of carboxylic acid groups (broad SMARTS) is 1. The highest BCUT2D eigenvalue weighted by molar-refractivity contribution is 7.90. The molecule has 0 aliphatic rings. The smallest absolute Gasteiger partial charge is 0.436 e. The van der Waals surface area contributed by atoms with Crippen molar-refractivity contribution in [3.63, 3.8) is 0 Å². The third kappa shape index (κ3) is 3.44. The van der Waals surface area contributed by atoms with E-state index < -0.39 is 15.9 Å². The molecule has 1 aromatic rings. The summed E-state index contributed by atoms with van der Waals surface area (Å²) in [5.74, 6) is -0.214. The number of benzene rings is 1. The first-order valence-corrected chi connectivity index (χ1v) is 7.09. The van der Waals surface area contributed by atoms with Crippen LogP contribution < -0.4 is 5.06 Å². The number of rotatable bonds is 5. The Labute approximate surface area is 106 Å². The fourth-order valence-corrected chi connectivity index (χ4v) is 2.37. The number of anilines is 1. The number of amides is 1. The monoisotopic (exact) mass is 273 g/mol. The fraction of sp³-hybridized carbons (Fsp3) is 0.364. The van der Waals surface area contributed by atoms with Gasteiger partial charge in [0.15, 0.2) is 9.84 Å². The maximum atomic E-state index is 11.6.